The van der Waals surface area contributed by atoms with E-state index >= 15 is 0 Å². The largest absolute Gasteiger partial charge is 0.351 e. The third-order valence-corrected chi connectivity index (χ3v) is 2.53. The number of primary amides is 1. The standard InChI is InChI=1S/C7H8O3S.CH5N3O/c1-6-4-2-3-5-7(6)11(8,9)10;2-1(5)4-3/h2-5H,1H3,(H,8,9,10);3H2,(H3,2,4,5). The lowest BCUT2D eigenvalue weighted by molar-refractivity contribution is 0.249. The first kappa shape index (κ1) is 14.4. The number of carbonyl (C=O) groups excluding carboxylic acids is 1. The highest BCUT2D eigenvalue weighted by atomic mass is 32.2. The van der Waals surface area contributed by atoms with Crippen LogP contribution in [0.25, 0.3) is 0 Å². The third kappa shape index (κ3) is 5.29. The average Bonchev–Trinajstić information content (AvgIpc) is 2.17. The van der Waals surface area contributed by atoms with Crippen LogP contribution >= 0.6 is 0 Å². The SMILES string of the molecule is Cc1ccccc1S(=O)(=O)O.NNC(N)=O. The van der Waals surface area contributed by atoms with Gasteiger partial charge in [0.2, 0.25) is 0 Å². The molecule has 1 aromatic rings. The van der Waals surface area contributed by atoms with Gasteiger partial charge in [-0.15, -0.1) is 0 Å². The van der Waals surface area contributed by atoms with Gasteiger partial charge >= 0.3 is 6.03 Å². The monoisotopic (exact) mass is 247 g/mol. The Balaban J connectivity index is 0.000000385. The maximum absolute atomic E-state index is 10.6. The van der Waals surface area contributed by atoms with Crippen LogP contribution in [0.5, 0.6) is 0 Å². The van der Waals surface area contributed by atoms with Gasteiger partial charge in [0.1, 0.15) is 0 Å². The molecule has 0 unspecified atom stereocenters. The van der Waals surface area contributed by atoms with Crippen LogP contribution in [-0.4, -0.2) is 19.0 Å². The molecule has 0 saturated carbocycles. The van der Waals surface area contributed by atoms with Crippen LogP contribution in [0.2, 0.25) is 0 Å². The van der Waals surface area contributed by atoms with Crippen molar-refractivity contribution in [1.82, 2.24) is 5.43 Å². The Kier molecular flexibility index (Phi) is 5.43. The fourth-order valence-electron chi connectivity index (χ4n) is 0.846. The Bertz CT molecular complexity index is 458. The van der Waals surface area contributed by atoms with Crippen molar-refractivity contribution in [2.75, 3.05) is 0 Å². The van der Waals surface area contributed by atoms with E-state index in [-0.39, 0.29) is 4.90 Å². The predicted molar refractivity (Wildman–Crippen MR) is 57.9 cm³/mol. The number of nitrogens with one attached hydrogen (secondary N) is 1. The molecule has 0 fully saturated rings. The number of aryl methyl sites for hydroxylation is 1. The summed E-state index contributed by atoms with van der Waals surface area (Å²) in [6, 6.07) is 5.55. The van der Waals surface area contributed by atoms with Gasteiger partial charge in [-0.05, 0) is 18.6 Å². The molecular weight excluding hydrogens is 234 g/mol. The number of carbonyl (C=O) groups is 1. The van der Waals surface area contributed by atoms with Gasteiger partial charge in [-0.25, -0.2) is 10.6 Å². The minimum Gasteiger partial charge on any atom is -0.351 e. The van der Waals surface area contributed by atoms with Crippen LogP contribution in [0, 0.1) is 6.92 Å². The molecule has 0 spiro atoms. The zero-order chi connectivity index (χ0) is 12.8. The second-order valence-corrected chi connectivity index (χ2v) is 4.14. The summed E-state index contributed by atoms with van der Waals surface area (Å²) in [6.07, 6.45) is 0. The van der Waals surface area contributed by atoms with Crippen LogP contribution in [0.1, 0.15) is 5.56 Å². The van der Waals surface area contributed by atoms with Gasteiger partial charge in [0.25, 0.3) is 10.1 Å². The van der Waals surface area contributed by atoms with Gasteiger partial charge in [-0.2, -0.15) is 8.42 Å². The molecule has 2 amide bonds. The first-order chi connectivity index (χ1) is 7.29. The van der Waals surface area contributed by atoms with Crippen molar-refractivity contribution in [3.05, 3.63) is 29.8 Å². The molecule has 0 aliphatic rings. The van der Waals surface area contributed by atoms with Crippen LogP contribution < -0.4 is 17.0 Å². The Morgan fingerprint density at radius 3 is 2.06 bits per heavy atom. The second-order valence-electron chi connectivity index (χ2n) is 2.75. The molecule has 0 radical (unpaired) electrons. The minimum absolute atomic E-state index is 0.0278. The third-order valence-electron chi connectivity index (χ3n) is 1.51. The Hall–Kier alpha value is -1.64. The average molecular weight is 247 g/mol. The predicted octanol–water partition coefficient (Wildman–Crippen LogP) is -0.230. The van der Waals surface area contributed by atoms with E-state index in [0.29, 0.717) is 5.56 Å². The van der Waals surface area contributed by atoms with Crippen LogP contribution in [0.15, 0.2) is 29.2 Å². The number of benzene rings is 1. The molecule has 16 heavy (non-hydrogen) atoms. The Morgan fingerprint density at radius 1 is 1.38 bits per heavy atom. The summed E-state index contributed by atoms with van der Waals surface area (Å²) >= 11 is 0. The number of amides is 2. The zero-order valence-electron chi connectivity index (χ0n) is 8.54. The summed E-state index contributed by atoms with van der Waals surface area (Å²) in [5.41, 5.74) is 6.63. The summed E-state index contributed by atoms with van der Waals surface area (Å²) in [5, 5.41) is 0. The van der Waals surface area contributed by atoms with Gasteiger partial charge in [0.15, 0.2) is 0 Å². The molecule has 0 heterocycles. The number of urea groups is 1. The second kappa shape index (κ2) is 6.05. The fourth-order valence-corrected chi connectivity index (χ4v) is 1.57. The van der Waals surface area contributed by atoms with E-state index in [0.717, 1.165) is 0 Å². The highest BCUT2D eigenvalue weighted by Gasteiger charge is 2.10. The van der Waals surface area contributed by atoms with Crippen molar-refractivity contribution in [2.24, 2.45) is 11.6 Å². The number of hydrogen-bond donors (Lipinski definition) is 4. The van der Waals surface area contributed by atoms with Crippen LogP contribution in [-0.2, 0) is 10.1 Å². The lowest BCUT2D eigenvalue weighted by Gasteiger charge is -1.99. The summed E-state index contributed by atoms with van der Waals surface area (Å²) in [6.45, 7) is 1.63. The van der Waals surface area contributed by atoms with Crippen LogP contribution in [0.3, 0.4) is 0 Å². The van der Waals surface area contributed by atoms with Crippen LogP contribution in [0.4, 0.5) is 4.79 Å². The van der Waals surface area contributed by atoms with Crippen molar-refractivity contribution in [2.45, 2.75) is 11.8 Å². The molecule has 0 aliphatic carbocycles. The molecule has 0 bridgehead atoms. The molecule has 1 rings (SSSR count). The molecule has 1 aromatic carbocycles. The zero-order valence-corrected chi connectivity index (χ0v) is 9.36. The maximum Gasteiger partial charge on any atom is 0.326 e. The van der Waals surface area contributed by atoms with E-state index in [1.807, 2.05) is 0 Å². The van der Waals surface area contributed by atoms with E-state index in [4.69, 9.17) is 4.55 Å². The van der Waals surface area contributed by atoms with E-state index in [2.05, 4.69) is 11.6 Å². The summed E-state index contributed by atoms with van der Waals surface area (Å²) in [7, 11) is -4.03. The van der Waals surface area contributed by atoms with Crippen molar-refractivity contribution in [1.29, 1.82) is 0 Å². The Labute approximate surface area is 93.2 Å². The van der Waals surface area contributed by atoms with Gasteiger partial charge in [0.05, 0.1) is 4.90 Å². The molecule has 0 atom stereocenters. The number of hydrazine groups is 1. The van der Waals surface area contributed by atoms with E-state index in [9.17, 15) is 13.2 Å². The summed E-state index contributed by atoms with van der Waals surface area (Å²) in [5.74, 6) is 4.45. The Morgan fingerprint density at radius 2 is 1.81 bits per heavy atom. The van der Waals surface area contributed by atoms with Crippen molar-refractivity contribution in [3.8, 4) is 0 Å². The van der Waals surface area contributed by atoms with Gasteiger partial charge < -0.3 is 5.73 Å². The molecule has 6 N–H and O–H groups in total. The van der Waals surface area contributed by atoms with Crippen molar-refractivity contribution in [3.63, 3.8) is 0 Å². The van der Waals surface area contributed by atoms with Gasteiger partial charge in [-0.3, -0.25) is 9.98 Å². The molecular formula is C8H13N3O4S. The molecule has 8 heteroatoms. The normalized spacial score (nSPS) is 9.94. The van der Waals surface area contributed by atoms with E-state index in [1.165, 1.54) is 6.07 Å². The lowest BCUT2D eigenvalue weighted by atomic mass is 10.2. The number of rotatable bonds is 1. The quantitative estimate of drug-likeness (QED) is 0.235. The topological polar surface area (TPSA) is 136 Å². The smallest absolute Gasteiger partial charge is 0.326 e. The highest BCUT2D eigenvalue weighted by Crippen LogP contribution is 2.12. The summed E-state index contributed by atoms with van der Waals surface area (Å²) < 4.78 is 29.9. The molecule has 0 aromatic heterocycles. The number of hydrogen-bond acceptors (Lipinski definition) is 4. The van der Waals surface area contributed by atoms with Crippen molar-refractivity contribution >= 4 is 16.1 Å². The lowest BCUT2D eigenvalue weighted by Crippen LogP contribution is -2.34. The van der Waals surface area contributed by atoms with Crippen molar-refractivity contribution < 1.29 is 17.8 Å². The van der Waals surface area contributed by atoms with Gasteiger partial charge in [0, 0.05) is 0 Å². The molecule has 0 saturated heterocycles. The fraction of sp³-hybridized carbons (Fsp3) is 0.125. The highest BCUT2D eigenvalue weighted by molar-refractivity contribution is 7.85. The summed E-state index contributed by atoms with van der Waals surface area (Å²) in [4.78, 5) is 9.33. The first-order valence-electron chi connectivity index (χ1n) is 4.08. The number of nitrogens with two attached hydrogens (primary N) is 2. The molecule has 90 valence electrons. The van der Waals surface area contributed by atoms with Gasteiger partial charge in [-0.1, -0.05) is 18.2 Å². The minimum atomic E-state index is -4.03. The molecule has 7 nitrogen and oxygen atoms in total. The maximum atomic E-state index is 10.6. The first-order valence-corrected chi connectivity index (χ1v) is 5.52. The molecule has 0 aliphatic heterocycles. The van der Waals surface area contributed by atoms with E-state index < -0.39 is 16.1 Å². The van der Waals surface area contributed by atoms with E-state index in [1.54, 1.807) is 30.5 Å².